The van der Waals surface area contributed by atoms with Gasteiger partial charge in [-0.2, -0.15) is 10.2 Å². The van der Waals surface area contributed by atoms with Crippen LogP contribution < -0.4 is 0 Å². The van der Waals surface area contributed by atoms with Crippen LogP contribution in [0.15, 0.2) is 24.5 Å². The fourth-order valence-corrected chi connectivity index (χ4v) is 0.253. The third-order valence-electron chi connectivity index (χ3n) is 0.483. The van der Waals surface area contributed by atoms with E-state index in [-0.39, 0.29) is 29.6 Å². The maximum atomic E-state index is 9.00. The zero-order valence-electron chi connectivity index (χ0n) is 12.6. The molecule has 0 aliphatic rings. The molecule has 10 nitrogen and oxygen atoms in total. The van der Waals surface area contributed by atoms with Crippen LogP contribution >= 0.6 is 0 Å². The van der Waals surface area contributed by atoms with E-state index in [9.17, 15) is 0 Å². The third-order valence-corrected chi connectivity index (χ3v) is 0.483. The summed E-state index contributed by atoms with van der Waals surface area (Å²) in [5, 5.41) is 36.7. The summed E-state index contributed by atoms with van der Waals surface area (Å²) in [6.07, 6.45) is 3.28. The van der Waals surface area contributed by atoms with Crippen molar-refractivity contribution < 1.29 is 39.6 Å². The second kappa shape index (κ2) is 28.2. The Morgan fingerprint density at radius 1 is 0.609 bits per heavy atom. The van der Waals surface area contributed by atoms with E-state index in [1.54, 1.807) is 12.4 Å². The largest absolute Gasteiger partial charge is 0.159 e. The molecule has 0 saturated heterocycles. The molecule has 0 radical (unpaired) electrons. The van der Waals surface area contributed by atoms with Gasteiger partial charge >= 0.3 is 29.6 Å². The standard InChI is InChI=1S/C4H4N2.4C2H4O2.Na.H/c1-2-4-6-5-3-1;4*1-2(3)4;;/h1-4H;4*1H3,(H,3,4);;. The normalized spacial score (nSPS) is 6.43. The van der Waals surface area contributed by atoms with Crippen molar-refractivity contribution in [2.45, 2.75) is 27.7 Å². The molecule has 1 heterocycles. The summed E-state index contributed by atoms with van der Waals surface area (Å²) in [5.74, 6) is -3.33. The van der Waals surface area contributed by atoms with Crippen molar-refractivity contribution in [3.8, 4) is 0 Å². The van der Waals surface area contributed by atoms with Gasteiger partial charge in [-0.15, -0.1) is 0 Å². The predicted octanol–water partition coefficient (Wildman–Crippen LogP) is 0.192. The molecule has 4 N–H and O–H groups in total. The number of carbonyl (C=O) groups is 4. The molecular formula is C12H21N2NaO8. The van der Waals surface area contributed by atoms with E-state index < -0.39 is 23.9 Å². The summed E-state index contributed by atoms with van der Waals surface area (Å²) in [6.45, 7) is 4.33. The first kappa shape index (κ1) is 32.8. The Labute approximate surface area is 155 Å². The van der Waals surface area contributed by atoms with Gasteiger partial charge in [-0.25, -0.2) is 0 Å². The summed E-state index contributed by atoms with van der Waals surface area (Å²) in [6, 6.07) is 3.65. The Morgan fingerprint density at radius 2 is 0.739 bits per heavy atom. The Morgan fingerprint density at radius 3 is 0.783 bits per heavy atom. The molecular weight excluding hydrogens is 323 g/mol. The number of hydrogen-bond donors (Lipinski definition) is 4. The van der Waals surface area contributed by atoms with Gasteiger partial charge in [0.25, 0.3) is 23.9 Å². The minimum atomic E-state index is -0.833. The molecule has 1 aromatic rings. The monoisotopic (exact) mass is 344 g/mol. The van der Waals surface area contributed by atoms with Gasteiger partial charge in [0, 0.05) is 40.1 Å². The molecule has 11 heteroatoms. The van der Waals surface area contributed by atoms with E-state index in [2.05, 4.69) is 10.2 Å². The number of aromatic nitrogens is 2. The van der Waals surface area contributed by atoms with Crippen molar-refractivity contribution in [2.75, 3.05) is 0 Å². The molecule has 0 aromatic carbocycles. The maximum absolute atomic E-state index is 9.00. The Balaban J connectivity index is -0.0000000591. The Kier molecular flexibility index (Phi) is 40.2. The summed E-state index contributed by atoms with van der Waals surface area (Å²) in [5.41, 5.74) is 0. The van der Waals surface area contributed by atoms with Gasteiger partial charge in [0.2, 0.25) is 0 Å². The minimum absolute atomic E-state index is 0. The quantitative estimate of drug-likeness (QED) is 0.475. The van der Waals surface area contributed by atoms with Crippen molar-refractivity contribution in [3.63, 3.8) is 0 Å². The van der Waals surface area contributed by atoms with E-state index in [1.165, 1.54) is 0 Å². The maximum Gasteiger partial charge on any atom is 0.0496 e. The van der Waals surface area contributed by atoms with Crippen LogP contribution in [0.4, 0.5) is 0 Å². The number of carboxylic acids is 4. The summed E-state index contributed by atoms with van der Waals surface area (Å²) in [4.78, 5) is 36.0. The van der Waals surface area contributed by atoms with E-state index >= 15 is 0 Å². The van der Waals surface area contributed by atoms with Crippen molar-refractivity contribution >= 4 is 53.4 Å². The number of aliphatic carboxylic acids is 4. The minimum Gasteiger partial charge on any atom is -0.159 e. The Bertz CT molecular complexity index is 324. The molecule has 0 saturated carbocycles. The summed E-state index contributed by atoms with van der Waals surface area (Å²) < 4.78 is 0. The SMILES string of the molecule is CC(=O)O.CC(=O)O.CC(=O)O.CC(=O)O.[NaH].c1ccnnc1. The van der Waals surface area contributed by atoms with Crippen LogP contribution in [0.3, 0.4) is 0 Å². The average molecular weight is 344 g/mol. The van der Waals surface area contributed by atoms with Crippen LogP contribution in [-0.4, -0.2) is 84.1 Å². The van der Waals surface area contributed by atoms with E-state index in [1.807, 2.05) is 12.1 Å². The van der Waals surface area contributed by atoms with Crippen molar-refractivity contribution in [3.05, 3.63) is 24.5 Å². The van der Waals surface area contributed by atoms with Crippen LogP contribution in [0.25, 0.3) is 0 Å². The molecule has 23 heavy (non-hydrogen) atoms. The van der Waals surface area contributed by atoms with Gasteiger partial charge in [0.15, 0.2) is 0 Å². The molecule has 0 aliphatic carbocycles. The van der Waals surface area contributed by atoms with E-state index in [0.717, 1.165) is 27.7 Å². The van der Waals surface area contributed by atoms with Crippen molar-refractivity contribution in [2.24, 2.45) is 0 Å². The molecule has 0 unspecified atom stereocenters. The van der Waals surface area contributed by atoms with Crippen LogP contribution in [0, 0.1) is 0 Å². The third kappa shape index (κ3) is 411. The molecule has 128 valence electrons. The van der Waals surface area contributed by atoms with Gasteiger partial charge in [-0.1, -0.05) is 0 Å². The van der Waals surface area contributed by atoms with Gasteiger partial charge in [0.05, 0.1) is 0 Å². The molecule has 0 atom stereocenters. The van der Waals surface area contributed by atoms with Crippen LogP contribution in [0.5, 0.6) is 0 Å². The first-order valence-electron chi connectivity index (χ1n) is 5.43. The number of nitrogens with zero attached hydrogens (tertiary/aromatic N) is 2. The number of carboxylic acid groups (broad SMARTS) is 4. The predicted molar refractivity (Wildman–Crippen MR) is 82.4 cm³/mol. The summed E-state index contributed by atoms with van der Waals surface area (Å²) in [7, 11) is 0. The first-order valence-corrected chi connectivity index (χ1v) is 5.43. The molecule has 1 aromatic heterocycles. The number of rotatable bonds is 0. The van der Waals surface area contributed by atoms with Gasteiger partial charge in [0.1, 0.15) is 0 Å². The fraction of sp³-hybridized carbons (Fsp3) is 0.333. The second-order valence-corrected chi connectivity index (χ2v) is 2.99. The molecule has 0 fully saturated rings. The molecule has 0 aliphatic heterocycles. The van der Waals surface area contributed by atoms with E-state index in [0.29, 0.717) is 0 Å². The van der Waals surface area contributed by atoms with Crippen LogP contribution in [-0.2, 0) is 19.2 Å². The topological polar surface area (TPSA) is 175 Å². The molecule has 0 spiro atoms. The van der Waals surface area contributed by atoms with E-state index in [4.69, 9.17) is 39.6 Å². The molecule has 1 rings (SSSR count). The van der Waals surface area contributed by atoms with Crippen molar-refractivity contribution in [1.82, 2.24) is 10.2 Å². The second-order valence-electron chi connectivity index (χ2n) is 2.99. The smallest absolute Gasteiger partial charge is 0.0496 e. The average Bonchev–Trinajstić information content (AvgIpc) is 2.28. The fourth-order valence-electron chi connectivity index (χ4n) is 0.253. The number of hydrogen-bond acceptors (Lipinski definition) is 6. The van der Waals surface area contributed by atoms with Crippen LogP contribution in [0.2, 0.25) is 0 Å². The van der Waals surface area contributed by atoms with Gasteiger partial charge < -0.3 is 20.4 Å². The zero-order chi connectivity index (χ0) is 18.6. The van der Waals surface area contributed by atoms with Crippen LogP contribution in [0.1, 0.15) is 27.7 Å². The van der Waals surface area contributed by atoms with Crippen molar-refractivity contribution in [1.29, 1.82) is 0 Å². The van der Waals surface area contributed by atoms with Gasteiger partial charge in [-0.05, 0) is 12.1 Å². The molecule has 0 bridgehead atoms. The van der Waals surface area contributed by atoms with Gasteiger partial charge in [-0.3, -0.25) is 19.2 Å². The molecule has 0 amide bonds. The summed E-state index contributed by atoms with van der Waals surface area (Å²) >= 11 is 0. The Hall–Kier alpha value is -2.04. The zero-order valence-corrected chi connectivity index (χ0v) is 12.6. The first-order chi connectivity index (χ1) is 9.93.